The van der Waals surface area contributed by atoms with Gasteiger partial charge in [-0.2, -0.15) is 11.8 Å². The average molecular weight is 218 g/mol. The number of carboxylic acids is 1. The van der Waals surface area contributed by atoms with E-state index in [9.17, 15) is 4.79 Å². The molecule has 0 aromatic rings. The third-order valence-corrected chi connectivity index (χ3v) is 2.97. The van der Waals surface area contributed by atoms with Crippen LogP contribution in [-0.2, 0) is 4.79 Å². The molecule has 0 atom stereocenters. The van der Waals surface area contributed by atoms with Crippen molar-refractivity contribution in [2.45, 2.75) is 46.5 Å². The van der Waals surface area contributed by atoms with Crippen molar-refractivity contribution in [1.82, 2.24) is 0 Å². The van der Waals surface area contributed by atoms with Gasteiger partial charge in [0.1, 0.15) is 0 Å². The normalized spacial score (nSPS) is 11.6. The summed E-state index contributed by atoms with van der Waals surface area (Å²) < 4.78 is 0. The second kappa shape index (κ2) is 7.16. The molecule has 0 radical (unpaired) electrons. The molecule has 0 aromatic heterocycles. The van der Waals surface area contributed by atoms with Gasteiger partial charge in [0.2, 0.25) is 0 Å². The maximum atomic E-state index is 10.2. The van der Waals surface area contributed by atoms with Crippen molar-refractivity contribution in [2.75, 3.05) is 11.5 Å². The van der Waals surface area contributed by atoms with Crippen molar-refractivity contribution in [2.24, 2.45) is 5.41 Å². The fraction of sp³-hybridized carbons (Fsp3) is 0.909. The van der Waals surface area contributed by atoms with Crippen molar-refractivity contribution in [3.8, 4) is 0 Å². The first-order chi connectivity index (χ1) is 6.42. The number of thioether (sulfide) groups is 1. The fourth-order valence-electron chi connectivity index (χ4n) is 1.20. The van der Waals surface area contributed by atoms with Crippen molar-refractivity contribution >= 4 is 17.7 Å². The van der Waals surface area contributed by atoms with Gasteiger partial charge in [0, 0.05) is 0 Å². The molecule has 0 saturated carbocycles. The standard InChI is InChI=1S/C11H22O2S/c1-11(2,3)7-5-4-6-8-14-9-10(12)13/h4-9H2,1-3H3,(H,12,13). The summed E-state index contributed by atoms with van der Waals surface area (Å²) in [5, 5.41) is 8.40. The maximum absolute atomic E-state index is 10.2. The van der Waals surface area contributed by atoms with E-state index in [0.29, 0.717) is 5.41 Å². The molecule has 0 spiro atoms. The first-order valence-corrected chi connectivity index (χ1v) is 6.37. The van der Waals surface area contributed by atoms with Gasteiger partial charge in [0.05, 0.1) is 5.75 Å². The molecule has 0 aliphatic heterocycles. The Morgan fingerprint density at radius 3 is 2.36 bits per heavy atom. The van der Waals surface area contributed by atoms with Crippen LogP contribution in [-0.4, -0.2) is 22.6 Å². The molecule has 0 fully saturated rings. The summed E-state index contributed by atoms with van der Waals surface area (Å²) in [7, 11) is 0. The van der Waals surface area contributed by atoms with Gasteiger partial charge in [-0.1, -0.05) is 33.6 Å². The van der Waals surface area contributed by atoms with Crippen LogP contribution in [0.4, 0.5) is 0 Å². The maximum Gasteiger partial charge on any atom is 0.313 e. The van der Waals surface area contributed by atoms with Gasteiger partial charge >= 0.3 is 5.97 Å². The van der Waals surface area contributed by atoms with E-state index < -0.39 is 5.97 Å². The molecule has 0 amide bonds. The smallest absolute Gasteiger partial charge is 0.313 e. The molecule has 0 aliphatic carbocycles. The minimum Gasteiger partial charge on any atom is -0.481 e. The molecule has 1 N–H and O–H groups in total. The molecule has 2 nitrogen and oxygen atoms in total. The predicted octanol–water partition coefficient (Wildman–Crippen LogP) is 3.41. The predicted molar refractivity (Wildman–Crippen MR) is 62.9 cm³/mol. The van der Waals surface area contributed by atoms with Crippen LogP contribution in [0.2, 0.25) is 0 Å². The van der Waals surface area contributed by atoms with E-state index in [4.69, 9.17) is 5.11 Å². The minimum atomic E-state index is -0.704. The molecular weight excluding hydrogens is 196 g/mol. The van der Waals surface area contributed by atoms with E-state index in [-0.39, 0.29) is 5.75 Å². The van der Waals surface area contributed by atoms with E-state index in [1.54, 1.807) is 0 Å². The first-order valence-electron chi connectivity index (χ1n) is 5.21. The van der Waals surface area contributed by atoms with Crippen molar-refractivity contribution in [3.63, 3.8) is 0 Å². The van der Waals surface area contributed by atoms with Gasteiger partial charge in [-0.05, 0) is 24.0 Å². The quantitative estimate of drug-likeness (QED) is 0.665. The minimum absolute atomic E-state index is 0.249. The lowest BCUT2D eigenvalue weighted by Gasteiger charge is -2.17. The second-order valence-electron chi connectivity index (χ2n) is 4.82. The van der Waals surface area contributed by atoms with Crippen LogP contribution in [0.25, 0.3) is 0 Å². The number of rotatable bonds is 7. The third-order valence-electron chi connectivity index (χ3n) is 1.94. The van der Waals surface area contributed by atoms with Gasteiger partial charge in [-0.15, -0.1) is 0 Å². The van der Waals surface area contributed by atoms with E-state index in [2.05, 4.69) is 20.8 Å². The highest BCUT2D eigenvalue weighted by molar-refractivity contribution is 7.99. The Bertz CT molecular complexity index is 161. The number of hydrogen-bond donors (Lipinski definition) is 1. The van der Waals surface area contributed by atoms with E-state index in [1.807, 2.05) is 0 Å². The zero-order valence-corrected chi connectivity index (χ0v) is 10.3. The van der Waals surface area contributed by atoms with Crippen molar-refractivity contribution in [1.29, 1.82) is 0 Å². The van der Waals surface area contributed by atoms with Crippen LogP contribution in [0.5, 0.6) is 0 Å². The van der Waals surface area contributed by atoms with Gasteiger partial charge in [0.15, 0.2) is 0 Å². The van der Waals surface area contributed by atoms with Gasteiger partial charge in [-0.25, -0.2) is 0 Å². The topological polar surface area (TPSA) is 37.3 Å². The summed E-state index contributed by atoms with van der Waals surface area (Å²) in [6, 6.07) is 0. The summed E-state index contributed by atoms with van der Waals surface area (Å²) in [5.74, 6) is 0.528. The zero-order valence-electron chi connectivity index (χ0n) is 9.51. The highest BCUT2D eigenvalue weighted by atomic mass is 32.2. The first kappa shape index (κ1) is 13.8. The molecule has 0 aliphatic rings. The molecular formula is C11H22O2S. The van der Waals surface area contributed by atoms with Crippen molar-refractivity contribution < 1.29 is 9.90 Å². The highest BCUT2D eigenvalue weighted by Gasteiger charge is 2.08. The monoisotopic (exact) mass is 218 g/mol. The molecule has 0 rings (SSSR count). The van der Waals surface area contributed by atoms with E-state index in [0.717, 1.165) is 12.2 Å². The number of carboxylic acid groups (broad SMARTS) is 1. The van der Waals surface area contributed by atoms with Crippen LogP contribution in [0, 0.1) is 5.41 Å². The van der Waals surface area contributed by atoms with Crippen LogP contribution >= 0.6 is 11.8 Å². The number of carbonyl (C=O) groups is 1. The third kappa shape index (κ3) is 11.8. The van der Waals surface area contributed by atoms with Crippen molar-refractivity contribution in [3.05, 3.63) is 0 Å². The lowest BCUT2D eigenvalue weighted by molar-refractivity contribution is -0.133. The molecule has 14 heavy (non-hydrogen) atoms. The Hall–Kier alpha value is -0.180. The summed E-state index contributed by atoms with van der Waals surface area (Å²) >= 11 is 1.52. The number of hydrogen-bond acceptors (Lipinski definition) is 2. The lowest BCUT2D eigenvalue weighted by Crippen LogP contribution is -2.04. The van der Waals surface area contributed by atoms with Crippen LogP contribution in [0.1, 0.15) is 46.5 Å². The Labute approximate surface area is 91.5 Å². The van der Waals surface area contributed by atoms with Crippen LogP contribution < -0.4 is 0 Å². The Morgan fingerprint density at radius 2 is 1.86 bits per heavy atom. The summed E-state index contributed by atoms with van der Waals surface area (Å²) in [6.07, 6.45) is 4.89. The average Bonchev–Trinajstić information content (AvgIpc) is 2.00. The van der Waals surface area contributed by atoms with Gasteiger partial charge < -0.3 is 5.11 Å². The molecule has 0 aromatic carbocycles. The molecule has 0 bridgehead atoms. The van der Waals surface area contributed by atoms with Gasteiger partial charge in [-0.3, -0.25) is 4.79 Å². The Balaban J connectivity index is 3.11. The molecule has 84 valence electrons. The Morgan fingerprint density at radius 1 is 1.21 bits per heavy atom. The lowest BCUT2D eigenvalue weighted by atomic mass is 9.90. The Kier molecular flexibility index (Phi) is 7.06. The molecule has 0 heterocycles. The van der Waals surface area contributed by atoms with Crippen LogP contribution in [0.3, 0.4) is 0 Å². The largest absolute Gasteiger partial charge is 0.481 e. The fourth-order valence-corrected chi connectivity index (χ4v) is 1.92. The highest BCUT2D eigenvalue weighted by Crippen LogP contribution is 2.22. The second-order valence-corrected chi connectivity index (χ2v) is 5.92. The van der Waals surface area contributed by atoms with Gasteiger partial charge in [0.25, 0.3) is 0 Å². The van der Waals surface area contributed by atoms with E-state index >= 15 is 0 Å². The summed E-state index contributed by atoms with van der Waals surface area (Å²) in [5.41, 5.74) is 0.439. The molecule has 0 saturated heterocycles. The SMILES string of the molecule is CC(C)(C)CCCCCSCC(=O)O. The summed E-state index contributed by atoms with van der Waals surface area (Å²) in [6.45, 7) is 6.77. The zero-order chi connectivity index (χ0) is 11.0. The van der Waals surface area contributed by atoms with Crippen LogP contribution in [0.15, 0.2) is 0 Å². The molecule has 0 unspecified atom stereocenters. The number of aliphatic carboxylic acids is 1. The number of unbranched alkanes of at least 4 members (excludes halogenated alkanes) is 2. The molecule has 3 heteroatoms. The van der Waals surface area contributed by atoms with E-state index in [1.165, 1.54) is 31.0 Å². The summed E-state index contributed by atoms with van der Waals surface area (Å²) in [4.78, 5) is 10.2.